The summed E-state index contributed by atoms with van der Waals surface area (Å²) in [5.41, 5.74) is 1.39. The Morgan fingerprint density at radius 2 is 2.08 bits per heavy atom. The second kappa shape index (κ2) is 8.40. The molecule has 1 heterocycles. The number of anilines is 2. The lowest BCUT2D eigenvalue weighted by molar-refractivity contribution is 0.0955. The van der Waals surface area contributed by atoms with Gasteiger partial charge in [0.1, 0.15) is 5.58 Å². The number of ketones is 1. The molecular weight excluding hydrogens is 352 g/mol. The Labute approximate surface area is 154 Å². The van der Waals surface area contributed by atoms with E-state index in [4.69, 9.17) is 4.42 Å². The van der Waals surface area contributed by atoms with Crippen LogP contribution < -0.4 is 10.0 Å². The smallest absolute Gasteiger partial charge is 0.229 e. The molecule has 7 heteroatoms. The first-order chi connectivity index (χ1) is 12.3. The van der Waals surface area contributed by atoms with E-state index in [2.05, 4.69) is 17.0 Å². The van der Waals surface area contributed by atoms with Crippen molar-refractivity contribution >= 4 is 38.3 Å². The fourth-order valence-electron chi connectivity index (χ4n) is 2.73. The lowest BCUT2D eigenvalue weighted by Gasteiger charge is -2.08. The summed E-state index contributed by atoms with van der Waals surface area (Å²) in [6.07, 6.45) is 6.73. The highest BCUT2D eigenvalue weighted by atomic mass is 32.2. The Hall–Kier alpha value is -2.28. The molecule has 0 fully saturated rings. The number of hydrogen-bond donors (Lipinski definition) is 2. The molecule has 0 aliphatic rings. The third-order valence-electron chi connectivity index (χ3n) is 3.95. The van der Waals surface area contributed by atoms with Gasteiger partial charge in [0.2, 0.25) is 15.9 Å². The molecule has 2 aromatic rings. The fraction of sp³-hybridized carbons (Fsp3) is 0.421. The van der Waals surface area contributed by atoms with E-state index in [0.717, 1.165) is 19.1 Å². The molecule has 0 aliphatic carbocycles. The van der Waals surface area contributed by atoms with Gasteiger partial charge >= 0.3 is 0 Å². The monoisotopic (exact) mass is 378 g/mol. The molecule has 1 aromatic carbocycles. The molecule has 142 valence electrons. The van der Waals surface area contributed by atoms with Gasteiger partial charge in [-0.3, -0.25) is 9.52 Å². The number of fused-ring (bicyclic) bond motifs is 1. The molecule has 2 rings (SSSR count). The first-order valence-electron chi connectivity index (χ1n) is 8.72. The van der Waals surface area contributed by atoms with Gasteiger partial charge in [-0.2, -0.15) is 0 Å². The Kier molecular flexibility index (Phi) is 6.47. The van der Waals surface area contributed by atoms with Gasteiger partial charge in [-0.1, -0.05) is 32.4 Å². The van der Waals surface area contributed by atoms with Crippen LogP contribution in [0, 0.1) is 5.92 Å². The Bertz CT molecular complexity index is 913. The number of Topliss-reactive ketones (excluding diaryl/α,β-unsaturated/α-hetero) is 1. The van der Waals surface area contributed by atoms with Crippen molar-refractivity contribution in [1.82, 2.24) is 0 Å². The zero-order valence-corrected chi connectivity index (χ0v) is 16.4. The van der Waals surface area contributed by atoms with Crippen molar-refractivity contribution < 1.29 is 17.6 Å². The lowest BCUT2D eigenvalue weighted by atomic mass is 9.97. The summed E-state index contributed by atoms with van der Waals surface area (Å²) in [7, 11) is -3.41. The first kappa shape index (κ1) is 20.0. The van der Waals surface area contributed by atoms with Crippen molar-refractivity contribution in [2.75, 3.05) is 22.8 Å². The molecule has 0 saturated heterocycles. The molecule has 0 spiro atoms. The Balaban J connectivity index is 2.54. The van der Waals surface area contributed by atoms with E-state index in [-0.39, 0.29) is 11.7 Å². The minimum absolute atomic E-state index is 0.0719. The third-order valence-corrected chi connectivity index (χ3v) is 4.55. The van der Waals surface area contributed by atoms with Gasteiger partial charge < -0.3 is 9.73 Å². The number of carbonyl (C=O) groups is 1. The molecule has 0 saturated carbocycles. The molecule has 2 N–H and O–H groups in total. The number of rotatable bonds is 9. The van der Waals surface area contributed by atoms with Crippen LogP contribution in [0.1, 0.15) is 44.0 Å². The quantitative estimate of drug-likeness (QED) is 0.383. The maximum Gasteiger partial charge on any atom is 0.229 e. The highest BCUT2D eigenvalue weighted by Crippen LogP contribution is 2.34. The number of sulfonamides is 1. The summed E-state index contributed by atoms with van der Waals surface area (Å²) in [6, 6.07) is 4.93. The lowest BCUT2D eigenvalue weighted by Crippen LogP contribution is -2.12. The SMILES string of the molecule is C/C=C\C(C)C(=O)c1c(NCCCC)oc2ccc(NS(C)(=O)=O)cc12. The maximum atomic E-state index is 13.0. The van der Waals surface area contributed by atoms with Crippen LogP contribution in [0.25, 0.3) is 11.0 Å². The molecule has 0 radical (unpaired) electrons. The predicted octanol–water partition coefficient (Wildman–Crippen LogP) is 4.41. The van der Waals surface area contributed by atoms with Crippen molar-refractivity contribution in [1.29, 1.82) is 0 Å². The minimum Gasteiger partial charge on any atom is -0.440 e. The van der Waals surface area contributed by atoms with Crippen LogP contribution in [-0.4, -0.2) is 27.0 Å². The molecule has 1 atom stereocenters. The number of unbranched alkanes of at least 4 members (excludes halogenated alkanes) is 1. The van der Waals surface area contributed by atoms with Crippen LogP contribution in [0.3, 0.4) is 0 Å². The van der Waals surface area contributed by atoms with Crippen molar-refractivity contribution in [2.45, 2.75) is 33.6 Å². The van der Waals surface area contributed by atoms with Crippen molar-refractivity contribution in [3.63, 3.8) is 0 Å². The van der Waals surface area contributed by atoms with Gasteiger partial charge in [-0.25, -0.2) is 8.42 Å². The molecule has 0 amide bonds. The normalized spacial score (nSPS) is 13.2. The van der Waals surface area contributed by atoms with E-state index in [1.165, 1.54) is 0 Å². The first-order valence-corrected chi connectivity index (χ1v) is 10.6. The van der Waals surface area contributed by atoms with E-state index >= 15 is 0 Å². The second-order valence-corrected chi connectivity index (χ2v) is 8.10. The van der Waals surface area contributed by atoms with Crippen molar-refractivity contribution in [3.8, 4) is 0 Å². The minimum atomic E-state index is -3.41. The highest BCUT2D eigenvalue weighted by Gasteiger charge is 2.24. The Morgan fingerprint density at radius 3 is 2.69 bits per heavy atom. The maximum absolute atomic E-state index is 13.0. The van der Waals surface area contributed by atoms with Gasteiger partial charge in [0, 0.05) is 23.5 Å². The van der Waals surface area contributed by atoms with Crippen molar-refractivity contribution in [3.05, 3.63) is 35.9 Å². The number of nitrogens with one attached hydrogen (secondary N) is 2. The van der Waals surface area contributed by atoms with E-state index in [1.807, 2.05) is 26.0 Å². The zero-order valence-electron chi connectivity index (χ0n) is 15.6. The van der Waals surface area contributed by atoms with Crippen LogP contribution in [0.4, 0.5) is 11.6 Å². The summed E-state index contributed by atoms with van der Waals surface area (Å²) in [5.74, 6) is 0.0581. The van der Waals surface area contributed by atoms with E-state index in [1.54, 1.807) is 18.2 Å². The summed E-state index contributed by atoms with van der Waals surface area (Å²) in [5, 5.41) is 3.80. The number of carbonyl (C=O) groups excluding carboxylic acids is 1. The molecule has 26 heavy (non-hydrogen) atoms. The van der Waals surface area contributed by atoms with Crippen LogP contribution in [0.15, 0.2) is 34.8 Å². The van der Waals surface area contributed by atoms with Gasteiger partial charge in [0.05, 0.1) is 11.8 Å². The van der Waals surface area contributed by atoms with E-state index in [9.17, 15) is 13.2 Å². The molecule has 1 unspecified atom stereocenters. The zero-order chi connectivity index (χ0) is 19.3. The molecular formula is C19H26N2O4S. The van der Waals surface area contributed by atoms with Crippen LogP contribution in [0.2, 0.25) is 0 Å². The standard InChI is InChI=1S/C19H26N2O4S/c1-5-7-11-20-19-17(18(22)13(3)8-6-2)15-12-14(21-26(4,23)24)9-10-16(15)25-19/h6,8-10,12-13,20-21H,5,7,11H2,1-4H3/b8-6-. The van der Waals surface area contributed by atoms with Gasteiger partial charge in [0.15, 0.2) is 5.78 Å². The average Bonchev–Trinajstić information content (AvgIpc) is 2.90. The van der Waals surface area contributed by atoms with E-state index in [0.29, 0.717) is 34.6 Å². The number of benzene rings is 1. The fourth-order valence-corrected chi connectivity index (χ4v) is 3.28. The number of furan rings is 1. The summed E-state index contributed by atoms with van der Waals surface area (Å²) in [4.78, 5) is 13.0. The van der Waals surface area contributed by atoms with E-state index < -0.39 is 10.0 Å². The number of hydrogen-bond acceptors (Lipinski definition) is 5. The van der Waals surface area contributed by atoms with Crippen molar-refractivity contribution in [2.24, 2.45) is 5.92 Å². The van der Waals surface area contributed by atoms with Crippen LogP contribution in [0.5, 0.6) is 0 Å². The summed E-state index contributed by atoms with van der Waals surface area (Å²) < 4.78 is 31.3. The topological polar surface area (TPSA) is 88.4 Å². The largest absolute Gasteiger partial charge is 0.440 e. The highest BCUT2D eigenvalue weighted by molar-refractivity contribution is 7.92. The summed E-state index contributed by atoms with van der Waals surface area (Å²) >= 11 is 0. The average molecular weight is 378 g/mol. The molecule has 0 aliphatic heterocycles. The predicted molar refractivity (Wildman–Crippen MR) is 106 cm³/mol. The molecule has 6 nitrogen and oxygen atoms in total. The summed E-state index contributed by atoms with van der Waals surface area (Å²) in [6.45, 7) is 6.48. The number of allylic oxidation sites excluding steroid dienone is 2. The second-order valence-electron chi connectivity index (χ2n) is 6.35. The van der Waals surface area contributed by atoms with Gasteiger partial charge in [-0.05, 0) is 31.5 Å². The third kappa shape index (κ3) is 4.88. The van der Waals surface area contributed by atoms with Crippen LogP contribution >= 0.6 is 0 Å². The van der Waals surface area contributed by atoms with Gasteiger partial charge in [-0.15, -0.1) is 0 Å². The Morgan fingerprint density at radius 1 is 1.35 bits per heavy atom. The van der Waals surface area contributed by atoms with Crippen LogP contribution in [-0.2, 0) is 10.0 Å². The molecule has 1 aromatic heterocycles. The molecule has 0 bridgehead atoms. The van der Waals surface area contributed by atoms with Gasteiger partial charge in [0.25, 0.3) is 0 Å².